The van der Waals surface area contributed by atoms with E-state index in [-0.39, 0.29) is 30.9 Å². The number of piperidine rings is 1. The Bertz CT molecular complexity index is 1280. The quantitative estimate of drug-likeness (QED) is 0.306. The lowest BCUT2D eigenvalue weighted by molar-refractivity contribution is -0.160. The van der Waals surface area contributed by atoms with Crippen LogP contribution in [0.4, 0.5) is 17.5 Å². The number of ether oxygens (including phenoxy) is 1. The van der Waals surface area contributed by atoms with Gasteiger partial charge in [0, 0.05) is 55.8 Å². The molecule has 10 heteroatoms. The van der Waals surface area contributed by atoms with Gasteiger partial charge < -0.3 is 25.6 Å². The summed E-state index contributed by atoms with van der Waals surface area (Å²) in [5, 5.41) is 10.0. The summed E-state index contributed by atoms with van der Waals surface area (Å²) in [4.78, 5) is 42.8. The van der Waals surface area contributed by atoms with Crippen molar-refractivity contribution in [2.45, 2.75) is 116 Å². The van der Waals surface area contributed by atoms with Crippen molar-refractivity contribution in [3.63, 3.8) is 0 Å². The molecule has 2 fully saturated rings. The Kier molecular flexibility index (Phi) is 10.6. The summed E-state index contributed by atoms with van der Waals surface area (Å²) in [6.07, 6.45) is 12.2. The second-order valence-electron chi connectivity index (χ2n) is 13.6. The number of aromatic nitrogens is 3. The van der Waals surface area contributed by atoms with Crippen LogP contribution in [-0.4, -0.2) is 64.7 Å². The van der Waals surface area contributed by atoms with Gasteiger partial charge in [0.2, 0.25) is 5.91 Å². The molecular weight excluding hydrogens is 554 g/mol. The molecule has 240 valence electrons. The highest BCUT2D eigenvalue weighted by Gasteiger charge is 2.30. The number of nitrogens with zero attached hydrogens (tertiary/aromatic N) is 4. The van der Waals surface area contributed by atoms with Gasteiger partial charge in [0.1, 0.15) is 29.4 Å². The zero-order chi connectivity index (χ0) is 31.1. The van der Waals surface area contributed by atoms with Crippen LogP contribution in [0.2, 0.25) is 0 Å². The van der Waals surface area contributed by atoms with Gasteiger partial charge in [-0.2, -0.15) is 0 Å². The third kappa shape index (κ3) is 8.39. The second-order valence-corrected chi connectivity index (χ2v) is 13.6. The molecule has 0 unspecified atom stereocenters. The van der Waals surface area contributed by atoms with Crippen molar-refractivity contribution in [3.8, 4) is 0 Å². The van der Waals surface area contributed by atoms with E-state index in [2.05, 4.69) is 44.9 Å². The van der Waals surface area contributed by atoms with E-state index in [1.54, 1.807) is 6.33 Å². The zero-order valence-electron chi connectivity index (χ0n) is 27.1. The molecule has 5 rings (SSSR count). The van der Waals surface area contributed by atoms with Crippen LogP contribution in [0.15, 0.2) is 18.5 Å². The summed E-state index contributed by atoms with van der Waals surface area (Å²) in [7, 11) is 0. The average molecular weight is 606 g/mol. The standard InChI is InChI=1S/C34H51N7O3/c1-5-27-31(36-21-25(33(43)44-34(2,3)4)20-29(42)39-26-11-7-6-8-12-26)37-22-38-32(27)41-18-15-23(16-19-41)28-14-13-24-10-9-17-35-30(24)40-28/h13-14,22-23,25-26H,5-12,15-21H2,1-4H3,(H,35,40)(H,39,42)(H,36,37,38)/t25-/m0/s1. The van der Waals surface area contributed by atoms with Crippen LogP contribution >= 0.6 is 0 Å². The minimum absolute atomic E-state index is 0.0809. The van der Waals surface area contributed by atoms with Crippen LogP contribution in [0.3, 0.4) is 0 Å². The summed E-state index contributed by atoms with van der Waals surface area (Å²) in [6, 6.07) is 4.66. The Morgan fingerprint density at radius 2 is 1.84 bits per heavy atom. The molecule has 2 aliphatic heterocycles. The molecule has 2 aromatic rings. The normalized spacial score (nSPS) is 18.6. The van der Waals surface area contributed by atoms with Crippen molar-refractivity contribution >= 4 is 29.3 Å². The molecule has 44 heavy (non-hydrogen) atoms. The van der Waals surface area contributed by atoms with E-state index in [4.69, 9.17) is 14.7 Å². The molecule has 0 bridgehead atoms. The van der Waals surface area contributed by atoms with Gasteiger partial charge in [-0.25, -0.2) is 15.0 Å². The van der Waals surface area contributed by atoms with Crippen molar-refractivity contribution in [2.24, 2.45) is 5.92 Å². The molecule has 3 N–H and O–H groups in total. The number of carbonyl (C=O) groups is 2. The van der Waals surface area contributed by atoms with Crippen LogP contribution in [0.1, 0.15) is 108 Å². The minimum atomic E-state index is -0.636. The molecule has 0 radical (unpaired) electrons. The van der Waals surface area contributed by atoms with Crippen LogP contribution in [-0.2, 0) is 27.2 Å². The molecule has 1 amide bonds. The van der Waals surface area contributed by atoms with E-state index in [0.29, 0.717) is 11.7 Å². The van der Waals surface area contributed by atoms with Gasteiger partial charge >= 0.3 is 5.97 Å². The molecule has 1 saturated carbocycles. The molecule has 3 aliphatic rings. The lowest BCUT2D eigenvalue weighted by Crippen LogP contribution is -2.40. The number of carbonyl (C=O) groups excluding carboxylic acids is 2. The Labute approximate surface area is 262 Å². The predicted octanol–water partition coefficient (Wildman–Crippen LogP) is 5.38. The SMILES string of the molecule is CCc1c(NC[C@H](CC(=O)NC2CCCCC2)C(=O)OC(C)(C)C)ncnc1N1CCC(c2ccc3c(n2)NCCC3)CC1. The second kappa shape index (κ2) is 14.6. The molecule has 1 saturated heterocycles. The van der Waals surface area contributed by atoms with Crippen LogP contribution in [0, 0.1) is 5.92 Å². The van der Waals surface area contributed by atoms with E-state index in [9.17, 15) is 9.59 Å². The van der Waals surface area contributed by atoms with Crippen molar-refractivity contribution in [1.29, 1.82) is 0 Å². The van der Waals surface area contributed by atoms with Gasteiger partial charge in [-0.3, -0.25) is 9.59 Å². The number of fused-ring (bicyclic) bond motifs is 1. The first kappa shape index (κ1) is 32.0. The van der Waals surface area contributed by atoms with Gasteiger partial charge in [0.25, 0.3) is 0 Å². The molecule has 1 aliphatic carbocycles. The van der Waals surface area contributed by atoms with E-state index < -0.39 is 11.5 Å². The highest BCUT2D eigenvalue weighted by molar-refractivity contribution is 5.83. The Morgan fingerprint density at radius 3 is 2.57 bits per heavy atom. The number of hydrogen-bond donors (Lipinski definition) is 3. The lowest BCUT2D eigenvalue weighted by atomic mass is 9.92. The fourth-order valence-corrected chi connectivity index (χ4v) is 6.71. The van der Waals surface area contributed by atoms with Crippen molar-refractivity contribution in [2.75, 3.05) is 41.7 Å². The van der Waals surface area contributed by atoms with Gasteiger partial charge in [-0.1, -0.05) is 32.3 Å². The average Bonchev–Trinajstić information content (AvgIpc) is 3.02. The van der Waals surface area contributed by atoms with E-state index in [1.165, 1.54) is 24.1 Å². The highest BCUT2D eigenvalue weighted by Crippen LogP contribution is 2.33. The molecule has 2 aromatic heterocycles. The first-order valence-corrected chi connectivity index (χ1v) is 16.8. The molecule has 10 nitrogen and oxygen atoms in total. The number of pyridine rings is 1. The zero-order valence-corrected chi connectivity index (χ0v) is 27.1. The first-order chi connectivity index (χ1) is 21.2. The molecule has 0 spiro atoms. The summed E-state index contributed by atoms with van der Waals surface area (Å²) < 4.78 is 5.72. The number of esters is 1. The number of rotatable bonds is 10. The minimum Gasteiger partial charge on any atom is -0.460 e. The van der Waals surface area contributed by atoms with Gasteiger partial charge in [0.15, 0.2) is 0 Å². The smallest absolute Gasteiger partial charge is 0.311 e. The van der Waals surface area contributed by atoms with Crippen molar-refractivity contribution in [1.82, 2.24) is 20.3 Å². The Morgan fingerprint density at radius 1 is 1.07 bits per heavy atom. The van der Waals surface area contributed by atoms with E-state index >= 15 is 0 Å². The maximum atomic E-state index is 13.2. The Hall–Kier alpha value is -3.43. The summed E-state index contributed by atoms with van der Waals surface area (Å²) in [5.74, 6) is 2.04. The summed E-state index contributed by atoms with van der Waals surface area (Å²) in [6.45, 7) is 10.7. The molecule has 4 heterocycles. The third-order valence-electron chi connectivity index (χ3n) is 9.06. The first-order valence-electron chi connectivity index (χ1n) is 16.8. The number of hydrogen-bond acceptors (Lipinski definition) is 9. The summed E-state index contributed by atoms with van der Waals surface area (Å²) in [5.41, 5.74) is 2.89. The van der Waals surface area contributed by atoms with Gasteiger partial charge in [-0.05, 0) is 77.3 Å². The number of aryl methyl sites for hydroxylation is 1. The van der Waals surface area contributed by atoms with E-state index in [1.807, 2.05) is 20.8 Å². The Balaban J connectivity index is 1.23. The lowest BCUT2D eigenvalue weighted by Gasteiger charge is -2.34. The third-order valence-corrected chi connectivity index (χ3v) is 9.06. The molecule has 0 aromatic carbocycles. The highest BCUT2D eigenvalue weighted by atomic mass is 16.6. The molecular formula is C34H51N7O3. The maximum absolute atomic E-state index is 13.2. The van der Waals surface area contributed by atoms with Gasteiger partial charge in [0.05, 0.1) is 5.92 Å². The van der Waals surface area contributed by atoms with Crippen LogP contribution < -0.4 is 20.9 Å². The molecule has 1 atom stereocenters. The topological polar surface area (TPSA) is 121 Å². The number of nitrogens with one attached hydrogen (secondary N) is 3. The van der Waals surface area contributed by atoms with E-state index in [0.717, 1.165) is 88.2 Å². The fraction of sp³-hybridized carbons (Fsp3) is 0.676. The summed E-state index contributed by atoms with van der Waals surface area (Å²) >= 11 is 0. The van der Waals surface area contributed by atoms with Crippen molar-refractivity contribution < 1.29 is 14.3 Å². The monoisotopic (exact) mass is 605 g/mol. The van der Waals surface area contributed by atoms with Crippen LogP contribution in [0.5, 0.6) is 0 Å². The largest absolute Gasteiger partial charge is 0.460 e. The van der Waals surface area contributed by atoms with Crippen LogP contribution in [0.25, 0.3) is 0 Å². The number of amides is 1. The predicted molar refractivity (Wildman–Crippen MR) is 174 cm³/mol. The van der Waals surface area contributed by atoms with Gasteiger partial charge in [-0.15, -0.1) is 0 Å². The van der Waals surface area contributed by atoms with Crippen molar-refractivity contribution in [3.05, 3.63) is 35.3 Å². The maximum Gasteiger partial charge on any atom is 0.311 e. The fourth-order valence-electron chi connectivity index (χ4n) is 6.71. The number of anilines is 3.